The normalized spacial score (nSPS) is 45.5. The molecule has 2 aliphatic heterocycles. The number of likely N-dealkylation sites (N-methyl/N-ethyl adjacent to an activating group) is 1. The first-order valence-corrected chi connectivity index (χ1v) is 10.9. The quantitative estimate of drug-likeness (QED) is 0.268. The molecule has 2 saturated carbocycles. The highest BCUT2D eigenvalue weighted by Crippen LogP contribution is 2.77. The second-order valence-electron chi connectivity index (χ2n) is 10.6. The van der Waals surface area contributed by atoms with E-state index in [0.29, 0.717) is 17.9 Å². The van der Waals surface area contributed by atoms with E-state index in [1.165, 1.54) is 19.8 Å². The summed E-state index contributed by atoms with van der Waals surface area (Å²) in [5.41, 5.74) is -0.529. The van der Waals surface area contributed by atoms with E-state index in [9.17, 15) is 14.7 Å². The molecule has 30 heavy (non-hydrogen) atoms. The third-order valence-electron chi connectivity index (χ3n) is 8.90. The highest BCUT2D eigenvalue weighted by atomic mass is 16.6. The first-order chi connectivity index (χ1) is 14.2. The van der Waals surface area contributed by atoms with E-state index in [2.05, 4.69) is 18.9 Å². The van der Waals surface area contributed by atoms with Crippen molar-refractivity contribution < 1.29 is 28.7 Å². The van der Waals surface area contributed by atoms with E-state index >= 15 is 0 Å². The van der Waals surface area contributed by atoms with Crippen LogP contribution in [0, 0.1) is 23.2 Å². The van der Waals surface area contributed by atoms with Crippen molar-refractivity contribution in [2.75, 3.05) is 20.1 Å². The second-order valence-corrected chi connectivity index (χ2v) is 10.6. The largest absolute Gasteiger partial charge is 0.476 e. The molecule has 6 unspecified atom stereocenters. The molecule has 2 heterocycles. The standard InChI is InChI=1S/C24H24NO5/c1-13(26)29-17-6-5-15-9-18-24(28)22(12-25(18,2)10-14-3-4-14)8-7-16(27)21-23(24,11-22)19(15)20(17)30-21/h5-6,14,18,21,28H,3-4,9-12H2,1-2H3/q+1. The molecule has 3 fully saturated rings. The molecule has 6 atom stereocenters. The van der Waals surface area contributed by atoms with Crippen LogP contribution in [0.1, 0.15) is 37.3 Å². The van der Waals surface area contributed by atoms with Gasteiger partial charge in [-0.2, -0.15) is 0 Å². The van der Waals surface area contributed by atoms with Crippen LogP contribution in [0.3, 0.4) is 0 Å². The summed E-state index contributed by atoms with van der Waals surface area (Å²) in [5.74, 6) is 6.89. The van der Waals surface area contributed by atoms with Crippen LogP contribution in [-0.2, 0) is 21.4 Å². The number of esters is 1. The maximum atomic E-state index is 13.1. The first-order valence-electron chi connectivity index (χ1n) is 10.9. The molecular formula is C24H24NO5+. The summed E-state index contributed by atoms with van der Waals surface area (Å²) in [7, 11) is 2.27. The van der Waals surface area contributed by atoms with E-state index in [1.54, 1.807) is 6.07 Å². The number of fused-ring (bicyclic) bond motifs is 1. The monoisotopic (exact) mass is 406 g/mol. The van der Waals surface area contributed by atoms with Gasteiger partial charge in [0, 0.05) is 24.8 Å². The number of benzene rings is 1. The molecule has 154 valence electrons. The van der Waals surface area contributed by atoms with Gasteiger partial charge >= 0.3 is 5.97 Å². The number of rotatable bonds is 3. The van der Waals surface area contributed by atoms with Crippen molar-refractivity contribution in [1.82, 2.24) is 0 Å². The van der Waals surface area contributed by atoms with Crippen molar-refractivity contribution >= 4 is 11.8 Å². The lowest BCUT2D eigenvalue weighted by atomic mass is 9.37. The SMILES string of the molecule is CC(=O)Oc1ccc2c3c1OC1C(=O)C#CC45CC31C4(O)C(C2)[N+](C)(CC1CC1)C5. The van der Waals surface area contributed by atoms with Gasteiger partial charge in [0.1, 0.15) is 11.5 Å². The number of Topliss-reactive ketones (excluding diaryl/α,β-unsaturated/α-hetero) is 1. The molecule has 2 bridgehead atoms. The van der Waals surface area contributed by atoms with Gasteiger partial charge in [0.25, 0.3) is 0 Å². The zero-order chi connectivity index (χ0) is 20.7. The van der Waals surface area contributed by atoms with Crippen LogP contribution in [0.5, 0.6) is 11.5 Å². The molecule has 1 aromatic carbocycles. The summed E-state index contributed by atoms with van der Waals surface area (Å²) in [4.78, 5) is 24.7. The minimum Gasteiger partial charge on any atom is -0.476 e. The van der Waals surface area contributed by atoms with E-state index in [4.69, 9.17) is 9.47 Å². The predicted octanol–water partition coefficient (Wildman–Crippen LogP) is 1.11. The van der Waals surface area contributed by atoms with Crippen LogP contribution in [0.2, 0.25) is 0 Å². The fourth-order valence-corrected chi connectivity index (χ4v) is 7.93. The highest BCUT2D eigenvalue weighted by molar-refractivity contribution is 6.03. The maximum absolute atomic E-state index is 13.1. The number of hydrogen-bond acceptors (Lipinski definition) is 5. The molecule has 5 aliphatic carbocycles. The zero-order valence-corrected chi connectivity index (χ0v) is 17.2. The Kier molecular flexibility index (Phi) is 2.75. The van der Waals surface area contributed by atoms with Crippen molar-refractivity contribution in [3.05, 3.63) is 23.3 Å². The summed E-state index contributed by atoms with van der Waals surface area (Å²) in [5, 5.41) is 12.5. The Balaban J connectivity index is 1.49. The molecule has 0 aromatic heterocycles. The van der Waals surface area contributed by atoms with Crippen LogP contribution in [0.15, 0.2) is 12.1 Å². The lowest BCUT2D eigenvalue weighted by molar-refractivity contribution is -0.927. The molecule has 7 aliphatic rings. The number of hydrogen-bond donors (Lipinski definition) is 1. The van der Waals surface area contributed by atoms with Gasteiger partial charge in [-0.15, -0.1) is 0 Å². The Morgan fingerprint density at radius 1 is 1.40 bits per heavy atom. The van der Waals surface area contributed by atoms with Crippen molar-refractivity contribution in [2.45, 2.75) is 55.8 Å². The fourth-order valence-electron chi connectivity index (χ4n) is 7.93. The molecule has 1 N–H and O–H groups in total. The number of nitrogens with zero attached hydrogens (tertiary/aromatic N) is 1. The van der Waals surface area contributed by atoms with Gasteiger partial charge in [-0.25, -0.2) is 0 Å². The Hall–Kier alpha value is -2.36. The van der Waals surface area contributed by atoms with Gasteiger partial charge in [-0.05, 0) is 36.8 Å². The highest BCUT2D eigenvalue weighted by Gasteiger charge is 2.91. The Morgan fingerprint density at radius 3 is 2.93 bits per heavy atom. The van der Waals surface area contributed by atoms with Crippen molar-refractivity contribution in [2.24, 2.45) is 11.3 Å². The average molecular weight is 406 g/mol. The topological polar surface area (TPSA) is 72.8 Å². The summed E-state index contributed by atoms with van der Waals surface area (Å²) in [6.07, 6.45) is 3.03. The summed E-state index contributed by atoms with van der Waals surface area (Å²) in [6, 6.07) is 3.74. The third kappa shape index (κ3) is 1.60. The van der Waals surface area contributed by atoms with Gasteiger partial charge in [-0.1, -0.05) is 12.0 Å². The van der Waals surface area contributed by atoms with Crippen LogP contribution in [0.25, 0.3) is 0 Å². The summed E-state index contributed by atoms with van der Waals surface area (Å²) >= 11 is 0. The van der Waals surface area contributed by atoms with E-state index in [1.807, 2.05) is 6.07 Å². The predicted molar refractivity (Wildman–Crippen MR) is 105 cm³/mol. The average Bonchev–Trinajstić information content (AvgIpc) is 3.40. The Morgan fingerprint density at radius 2 is 2.20 bits per heavy atom. The minimum absolute atomic E-state index is 0.0174. The van der Waals surface area contributed by atoms with Gasteiger partial charge < -0.3 is 19.1 Å². The number of carbonyl (C=O) groups excluding carboxylic acids is 2. The van der Waals surface area contributed by atoms with Gasteiger partial charge in [-0.3, -0.25) is 9.59 Å². The molecular weight excluding hydrogens is 382 g/mol. The molecule has 6 heteroatoms. The Labute approximate surface area is 174 Å². The number of aliphatic hydroxyl groups is 1. The van der Waals surface area contributed by atoms with E-state index in [0.717, 1.165) is 41.0 Å². The molecule has 0 radical (unpaired) electrons. The lowest BCUT2D eigenvalue weighted by Gasteiger charge is -2.63. The second kappa shape index (κ2) is 4.76. The lowest BCUT2D eigenvalue weighted by Crippen LogP contribution is -2.80. The van der Waals surface area contributed by atoms with Crippen molar-refractivity contribution in [1.29, 1.82) is 0 Å². The van der Waals surface area contributed by atoms with Crippen molar-refractivity contribution in [3.63, 3.8) is 0 Å². The van der Waals surface area contributed by atoms with E-state index < -0.39 is 28.5 Å². The van der Waals surface area contributed by atoms with Crippen LogP contribution in [0.4, 0.5) is 0 Å². The number of ketones is 1. The summed E-state index contributed by atoms with van der Waals surface area (Å²) in [6.45, 7) is 3.18. The molecule has 2 spiro atoms. The molecule has 1 saturated heterocycles. The summed E-state index contributed by atoms with van der Waals surface area (Å²) < 4.78 is 12.4. The van der Waals surface area contributed by atoms with E-state index in [-0.39, 0.29) is 11.8 Å². The smallest absolute Gasteiger partial charge is 0.308 e. The molecule has 0 amide bonds. The van der Waals surface area contributed by atoms with Gasteiger partial charge in [0.15, 0.2) is 23.2 Å². The van der Waals surface area contributed by atoms with Gasteiger partial charge in [0.2, 0.25) is 5.78 Å². The number of carbonyl (C=O) groups is 2. The minimum atomic E-state index is -1.11. The Bertz CT molecular complexity index is 1140. The third-order valence-corrected chi connectivity index (χ3v) is 8.90. The van der Waals surface area contributed by atoms with Crippen LogP contribution >= 0.6 is 0 Å². The number of quaternary nitrogens is 1. The first kappa shape index (κ1) is 17.3. The maximum Gasteiger partial charge on any atom is 0.308 e. The van der Waals surface area contributed by atoms with Crippen LogP contribution in [-0.4, -0.2) is 59.2 Å². The molecule has 8 rings (SSSR count). The number of ether oxygens (including phenoxy) is 2. The molecule has 6 nitrogen and oxygen atoms in total. The van der Waals surface area contributed by atoms with Crippen LogP contribution < -0.4 is 9.47 Å². The zero-order valence-electron chi connectivity index (χ0n) is 17.2. The van der Waals surface area contributed by atoms with Crippen molar-refractivity contribution in [3.8, 4) is 23.3 Å². The fraction of sp³-hybridized carbons (Fsp3) is 0.583. The van der Waals surface area contributed by atoms with Gasteiger partial charge in [0.05, 0.1) is 25.6 Å². The number of likely N-dealkylation sites (tertiary alicyclic amines) is 1. The molecule has 1 aromatic rings.